The lowest BCUT2D eigenvalue weighted by molar-refractivity contribution is -0.0138. The van der Waals surface area contributed by atoms with Gasteiger partial charge in [-0.2, -0.15) is 11.8 Å². The fourth-order valence-corrected chi connectivity index (χ4v) is 3.11. The molecule has 1 aliphatic rings. The summed E-state index contributed by atoms with van der Waals surface area (Å²) >= 11 is 1.63. The van der Waals surface area contributed by atoms with E-state index in [4.69, 9.17) is 13.9 Å². The molecule has 1 saturated heterocycles. The highest BCUT2D eigenvalue weighted by Crippen LogP contribution is 2.20. The topological polar surface area (TPSA) is 60.7 Å². The lowest BCUT2D eigenvalue weighted by Gasteiger charge is -2.32. The van der Waals surface area contributed by atoms with Crippen LogP contribution < -0.4 is 10.1 Å². The van der Waals surface area contributed by atoms with Crippen LogP contribution in [-0.2, 0) is 10.5 Å². The first-order chi connectivity index (χ1) is 12.2. The monoisotopic (exact) mass is 365 g/mol. The number of amides is 1. The van der Waals surface area contributed by atoms with Crippen LogP contribution in [-0.4, -0.2) is 37.5 Å². The Bertz CT molecular complexity index is 721. The standard InChI is InChI=1S/C18H20FNO4S/c1-25-11-14-5-6-16(24-14)18(21)20-15-7-8-22-10-17(15)23-13-4-2-3-12(19)9-13/h2-6,9,15,17H,7-8,10-11H2,1H3,(H,20,21)/t15-,17-/m1/s1. The first-order valence-electron chi connectivity index (χ1n) is 8.04. The molecule has 0 saturated carbocycles. The lowest BCUT2D eigenvalue weighted by atomic mass is 10.1. The van der Waals surface area contributed by atoms with Crippen molar-refractivity contribution in [3.8, 4) is 5.75 Å². The number of hydrogen-bond donors (Lipinski definition) is 1. The van der Waals surface area contributed by atoms with Gasteiger partial charge in [-0.1, -0.05) is 6.07 Å². The number of rotatable bonds is 6. The Morgan fingerprint density at radius 3 is 3.08 bits per heavy atom. The molecular formula is C18H20FNO4S. The van der Waals surface area contributed by atoms with E-state index in [0.29, 0.717) is 25.4 Å². The average molecular weight is 365 g/mol. The quantitative estimate of drug-likeness (QED) is 0.852. The minimum Gasteiger partial charge on any atom is -0.486 e. The highest BCUT2D eigenvalue weighted by atomic mass is 32.2. The van der Waals surface area contributed by atoms with Gasteiger partial charge in [0, 0.05) is 12.7 Å². The number of halogens is 1. The zero-order valence-corrected chi connectivity index (χ0v) is 14.7. The number of nitrogens with one attached hydrogen (secondary N) is 1. The molecule has 25 heavy (non-hydrogen) atoms. The number of carbonyl (C=O) groups is 1. The first kappa shape index (κ1) is 17.8. The van der Waals surface area contributed by atoms with E-state index in [-0.39, 0.29) is 29.6 Å². The van der Waals surface area contributed by atoms with Crippen molar-refractivity contribution in [3.05, 3.63) is 53.7 Å². The number of benzene rings is 1. The Hall–Kier alpha value is -1.99. The highest BCUT2D eigenvalue weighted by Gasteiger charge is 2.30. The fraction of sp³-hybridized carbons (Fsp3) is 0.389. The van der Waals surface area contributed by atoms with Gasteiger partial charge in [-0.05, 0) is 36.9 Å². The van der Waals surface area contributed by atoms with Gasteiger partial charge in [0.25, 0.3) is 5.91 Å². The fourth-order valence-electron chi connectivity index (χ4n) is 2.67. The van der Waals surface area contributed by atoms with E-state index in [2.05, 4.69) is 5.32 Å². The molecule has 1 aliphatic heterocycles. The van der Waals surface area contributed by atoms with E-state index in [9.17, 15) is 9.18 Å². The minimum atomic E-state index is -0.389. The van der Waals surface area contributed by atoms with Gasteiger partial charge in [0.1, 0.15) is 23.4 Å². The zero-order chi connectivity index (χ0) is 17.6. The number of thioether (sulfide) groups is 1. The summed E-state index contributed by atoms with van der Waals surface area (Å²) in [6.07, 6.45) is 2.20. The van der Waals surface area contributed by atoms with Crippen LogP contribution in [0.15, 0.2) is 40.8 Å². The predicted molar refractivity (Wildman–Crippen MR) is 93.4 cm³/mol. The molecule has 1 N–H and O–H groups in total. The molecule has 1 fully saturated rings. The SMILES string of the molecule is CSCc1ccc(C(=O)N[C@@H]2CCOC[C@H]2Oc2cccc(F)c2)o1. The summed E-state index contributed by atoms with van der Waals surface area (Å²) in [5, 5.41) is 2.94. The van der Waals surface area contributed by atoms with Gasteiger partial charge in [-0.3, -0.25) is 4.79 Å². The second-order valence-electron chi connectivity index (χ2n) is 5.76. The normalized spacial score (nSPS) is 20.2. The van der Waals surface area contributed by atoms with E-state index in [1.807, 2.05) is 6.26 Å². The van der Waals surface area contributed by atoms with E-state index >= 15 is 0 Å². The maximum Gasteiger partial charge on any atom is 0.287 e. The smallest absolute Gasteiger partial charge is 0.287 e. The molecule has 3 rings (SSSR count). The van der Waals surface area contributed by atoms with Gasteiger partial charge in [0.15, 0.2) is 5.76 Å². The number of ether oxygens (including phenoxy) is 2. The molecule has 5 nitrogen and oxygen atoms in total. The van der Waals surface area contributed by atoms with Crippen molar-refractivity contribution >= 4 is 17.7 Å². The summed E-state index contributed by atoms with van der Waals surface area (Å²) in [5.41, 5.74) is 0. The maximum atomic E-state index is 13.3. The van der Waals surface area contributed by atoms with Crippen LogP contribution in [0.4, 0.5) is 4.39 Å². The summed E-state index contributed by atoms with van der Waals surface area (Å²) < 4.78 is 30.1. The van der Waals surface area contributed by atoms with E-state index in [1.165, 1.54) is 12.1 Å². The molecule has 0 aliphatic carbocycles. The number of carbonyl (C=O) groups excluding carboxylic acids is 1. The maximum absolute atomic E-state index is 13.3. The van der Waals surface area contributed by atoms with Gasteiger partial charge in [-0.15, -0.1) is 0 Å². The summed E-state index contributed by atoms with van der Waals surface area (Å²) in [7, 11) is 0. The average Bonchev–Trinajstić information content (AvgIpc) is 3.06. The zero-order valence-electron chi connectivity index (χ0n) is 13.9. The van der Waals surface area contributed by atoms with Gasteiger partial charge < -0.3 is 19.2 Å². The Kier molecular flexibility index (Phi) is 5.99. The molecule has 1 amide bonds. The molecule has 2 heterocycles. The molecule has 134 valence electrons. The van der Waals surface area contributed by atoms with Crippen molar-refractivity contribution in [1.29, 1.82) is 0 Å². The van der Waals surface area contributed by atoms with Gasteiger partial charge in [-0.25, -0.2) is 4.39 Å². The highest BCUT2D eigenvalue weighted by molar-refractivity contribution is 7.97. The molecule has 0 unspecified atom stereocenters. The van der Waals surface area contributed by atoms with Crippen LogP contribution in [0.25, 0.3) is 0 Å². The van der Waals surface area contributed by atoms with Crippen molar-refractivity contribution in [2.24, 2.45) is 0 Å². The van der Waals surface area contributed by atoms with Gasteiger partial charge >= 0.3 is 0 Å². The third-order valence-corrected chi connectivity index (χ3v) is 4.45. The van der Waals surface area contributed by atoms with Crippen LogP contribution >= 0.6 is 11.8 Å². The second kappa shape index (κ2) is 8.40. The minimum absolute atomic E-state index is 0.237. The third-order valence-electron chi connectivity index (χ3n) is 3.88. The van der Waals surface area contributed by atoms with Crippen LogP contribution in [0.1, 0.15) is 22.7 Å². The van der Waals surface area contributed by atoms with Crippen LogP contribution in [0.2, 0.25) is 0 Å². The van der Waals surface area contributed by atoms with E-state index in [1.54, 1.807) is 36.0 Å². The molecule has 0 radical (unpaired) electrons. The Morgan fingerprint density at radius 1 is 1.40 bits per heavy atom. The van der Waals surface area contributed by atoms with E-state index < -0.39 is 0 Å². The molecule has 7 heteroatoms. The van der Waals surface area contributed by atoms with Crippen molar-refractivity contribution in [2.45, 2.75) is 24.3 Å². The third kappa shape index (κ3) is 4.76. The van der Waals surface area contributed by atoms with Crippen LogP contribution in [0.3, 0.4) is 0 Å². The molecule has 0 spiro atoms. The molecular weight excluding hydrogens is 345 g/mol. The molecule has 2 aromatic rings. The summed E-state index contributed by atoms with van der Waals surface area (Å²) in [6, 6.07) is 9.16. The molecule has 2 atom stereocenters. The van der Waals surface area contributed by atoms with E-state index in [0.717, 1.165) is 11.5 Å². The summed E-state index contributed by atoms with van der Waals surface area (Å²) in [6.45, 7) is 0.862. The lowest BCUT2D eigenvalue weighted by Crippen LogP contribution is -2.51. The van der Waals surface area contributed by atoms with Gasteiger partial charge in [0.2, 0.25) is 0 Å². The van der Waals surface area contributed by atoms with Gasteiger partial charge in [0.05, 0.1) is 18.4 Å². The number of furan rings is 1. The molecule has 1 aromatic carbocycles. The predicted octanol–water partition coefficient (Wildman–Crippen LogP) is 3.25. The van der Waals surface area contributed by atoms with Crippen molar-refractivity contribution in [2.75, 3.05) is 19.5 Å². The first-order valence-corrected chi connectivity index (χ1v) is 9.43. The van der Waals surface area contributed by atoms with Crippen LogP contribution in [0, 0.1) is 5.82 Å². The van der Waals surface area contributed by atoms with Crippen LogP contribution in [0.5, 0.6) is 5.75 Å². The second-order valence-corrected chi connectivity index (χ2v) is 6.62. The Morgan fingerprint density at radius 2 is 2.28 bits per heavy atom. The van der Waals surface area contributed by atoms with Crippen molar-refractivity contribution in [1.82, 2.24) is 5.32 Å². The summed E-state index contributed by atoms with van der Waals surface area (Å²) in [5.74, 6) is 1.52. The molecule has 0 bridgehead atoms. The molecule has 1 aromatic heterocycles. The number of hydrogen-bond acceptors (Lipinski definition) is 5. The largest absolute Gasteiger partial charge is 0.486 e. The van der Waals surface area contributed by atoms with Crippen molar-refractivity contribution < 1.29 is 23.1 Å². The Labute approximate surface area is 149 Å². The van der Waals surface area contributed by atoms with Crippen molar-refractivity contribution in [3.63, 3.8) is 0 Å². The Balaban J connectivity index is 1.64. The summed E-state index contributed by atoms with van der Waals surface area (Å²) in [4.78, 5) is 12.4.